The average molecular weight is 326 g/mol. The molecule has 5 nitrogen and oxygen atoms in total. The number of carbonyl (C=O) groups is 2. The van der Waals surface area contributed by atoms with E-state index in [1.807, 2.05) is 60.7 Å². The van der Waals surface area contributed by atoms with Crippen molar-refractivity contribution in [3.63, 3.8) is 0 Å². The molecule has 24 heavy (non-hydrogen) atoms. The summed E-state index contributed by atoms with van der Waals surface area (Å²) in [4.78, 5) is 24.0. The van der Waals surface area contributed by atoms with Crippen LogP contribution in [-0.2, 0) is 16.1 Å². The molecule has 0 saturated heterocycles. The molecule has 5 heteroatoms. The van der Waals surface area contributed by atoms with E-state index in [-0.39, 0.29) is 18.9 Å². The van der Waals surface area contributed by atoms with Gasteiger partial charge in [0.2, 0.25) is 5.91 Å². The summed E-state index contributed by atoms with van der Waals surface area (Å²) < 4.78 is 4.92. The number of amides is 2. The van der Waals surface area contributed by atoms with Gasteiger partial charge in [0.05, 0.1) is 19.1 Å². The van der Waals surface area contributed by atoms with Gasteiger partial charge in [-0.25, -0.2) is 4.79 Å². The van der Waals surface area contributed by atoms with Gasteiger partial charge in [0.15, 0.2) is 0 Å². The number of hydrogen-bond acceptors (Lipinski definition) is 3. The maximum absolute atomic E-state index is 12.2. The highest BCUT2D eigenvalue weighted by atomic mass is 16.5. The monoisotopic (exact) mass is 326 g/mol. The van der Waals surface area contributed by atoms with Crippen LogP contribution in [0.15, 0.2) is 60.7 Å². The molecule has 126 valence electrons. The summed E-state index contributed by atoms with van der Waals surface area (Å²) in [6, 6.07) is 18.6. The SMILES string of the molecule is CCOC(=O)N[C@@H](CC(=O)NCc1ccccc1)c1ccccc1. The molecule has 0 aliphatic carbocycles. The van der Waals surface area contributed by atoms with Crippen LogP contribution in [0.3, 0.4) is 0 Å². The van der Waals surface area contributed by atoms with Gasteiger partial charge in [0.1, 0.15) is 0 Å². The summed E-state index contributed by atoms with van der Waals surface area (Å²) in [5, 5.41) is 5.61. The Morgan fingerprint density at radius 3 is 2.25 bits per heavy atom. The van der Waals surface area contributed by atoms with Crippen molar-refractivity contribution in [1.82, 2.24) is 10.6 Å². The van der Waals surface area contributed by atoms with Crippen molar-refractivity contribution in [2.24, 2.45) is 0 Å². The second kappa shape index (κ2) is 9.35. The molecule has 2 aromatic rings. The van der Waals surface area contributed by atoms with Crippen LogP contribution in [0.1, 0.15) is 30.5 Å². The number of alkyl carbamates (subject to hydrolysis) is 1. The molecule has 0 aliphatic heterocycles. The number of rotatable bonds is 7. The standard InChI is InChI=1S/C19H22N2O3/c1-2-24-19(23)21-17(16-11-7-4-8-12-16)13-18(22)20-14-15-9-5-3-6-10-15/h3-12,17H,2,13-14H2,1H3,(H,20,22)(H,21,23)/t17-/m0/s1. The van der Waals surface area contributed by atoms with E-state index in [1.165, 1.54) is 0 Å². The Bertz CT molecular complexity index is 644. The van der Waals surface area contributed by atoms with Gasteiger partial charge >= 0.3 is 6.09 Å². The zero-order valence-electron chi connectivity index (χ0n) is 13.7. The maximum atomic E-state index is 12.2. The largest absolute Gasteiger partial charge is 0.450 e. The quantitative estimate of drug-likeness (QED) is 0.821. The van der Waals surface area contributed by atoms with Gasteiger partial charge in [0.25, 0.3) is 0 Å². The minimum atomic E-state index is -0.526. The van der Waals surface area contributed by atoms with Crippen molar-refractivity contribution in [3.05, 3.63) is 71.8 Å². The third-order valence-corrected chi connectivity index (χ3v) is 3.49. The predicted octanol–water partition coefficient (Wildman–Crippen LogP) is 3.18. The molecular formula is C19H22N2O3. The van der Waals surface area contributed by atoms with E-state index in [0.717, 1.165) is 11.1 Å². The molecule has 0 unspecified atom stereocenters. The fraction of sp³-hybridized carbons (Fsp3) is 0.263. The van der Waals surface area contributed by atoms with E-state index < -0.39 is 12.1 Å². The van der Waals surface area contributed by atoms with Gasteiger partial charge in [-0.05, 0) is 18.1 Å². The van der Waals surface area contributed by atoms with Gasteiger partial charge in [-0.15, -0.1) is 0 Å². The number of ether oxygens (including phenoxy) is 1. The minimum Gasteiger partial charge on any atom is -0.450 e. The molecule has 0 bridgehead atoms. The van der Waals surface area contributed by atoms with Gasteiger partial charge in [0, 0.05) is 6.54 Å². The normalized spacial score (nSPS) is 11.4. The topological polar surface area (TPSA) is 67.4 Å². The lowest BCUT2D eigenvalue weighted by Gasteiger charge is -2.18. The van der Waals surface area contributed by atoms with Crippen LogP contribution in [0.2, 0.25) is 0 Å². The lowest BCUT2D eigenvalue weighted by molar-refractivity contribution is -0.121. The summed E-state index contributed by atoms with van der Waals surface area (Å²) in [5.74, 6) is -0.135. The second-order valence-corrected chi connectivity index (χ2v) is 5.29. The van der Waals surface area contributed by atoms with E-state index in [9.17, 15) is 9.59 Å². The van der Waals surface area contributed by atoms with Crippen LogP contribution in [0, 0.1) is 0 Å². The number of hydrogen-bond donors (Lipinski definition) is 2. The summed E-state index contributed by atoms with van der Waals surface area (Å²) in [5.41, 5.74) is 1.89. The highest BCUT2D eigenvalue weighted by Gasteiger charge is 2.18. The number of benzene rings is 2. The van der Waals surface area contributed by atoms with Gasteiger partial charge in [-0.2, -0.15) is 0 Å². The maximum Gasteiger partial charge on any atom is 0.407 e. The average Bonchev–Trinajstić information content (AvgIpc) is 2.61. The summed E-state index contributed by atoms with van der Waals surface area (Å²) in [6.07, 6.45) is -0.377. The number of carbonyl (C=O) groups excluding carboxylic acids is 2. The van der Waals surface area contributed by atoms with Gasteiger partial charge in [-0.3, -0.25) is 4.79 Å². The van der Waals surface area contributed by atoms with E-state index in [2.05, 4.69) is 10.6 Å². The molecule has 0 saturated carbocycles. The van der Waals surface area contributed by atoms with Crippen molar-refractivity contribution >= 4 is 12.0 Å². The molecule has 0 fully saturated rings. The third-order valence-electron chi connectivity index (χ3n) is 3.49. The molecular weight excluding hydrogens is 304 g/mol. The van der Waals surface area contributed by atoms with E-state index in [4.69, 9.17) is 4.74 Å². The van der Waals surface area contributed by atoms with Crippen molar-refractivity contribution < 1.29 is 14.3 Å². The molecule has 2 aromatic carbocycles. The van der Waals surface area contributed by atoms with E-state index in [0.29, 0.717) is 6.54 Å². The first-order valence-corrected chi connectivity index (χ1v) is 7.98. The van der Waals surface area contributed by atoms with Crippen LogP contribution < -0.4 is 10.6 Å². The Morgan fingerprint density at radius 1 is 1.00 bits per heavy atom. The molecule has 0 radical (unpaired) electrons. The van der Waals surface area contributed by atoms with E-state index >= 15 is 0 Å². The first kappa shape index (κ1) is 17.5. The van der Waals surface area contributed by atoms with Crippen molar-refractivity contribution in [2.45, 2.75) is 25.9 Å². The van der Waals surface area contributed by atoms with Crippen molar-refractivity contribution in [2.75, 3.05) is 6.61 Å². The first-order valence-electron chi connectivity index (χ1n) is 7.98. The van der Waals surface area contributed by atoms with Gasteiger partial charge < -0.3 is 15.4 Å². The van der Waals surface area contributed by atoms with E-state index in [1.54, 1.807) is 6.92 Å². The van der Waals surface area contributed by atoms with Crippen LogP contribution in [0.4, 0.5) is 4.79 Å². The Kier molecular flexibility index (Phi) is 6.83. The molecule has 0 spiro atoms. The summed E-state index contributed by atoms with van der Waals surface area (Å²) >= 11 is 0. The Morgan fingerprint density at radius 2 is 1.62 bits per heavy atom. The lowest BCUT2D eigenvalue weighted by atomic mass is 10.0. The highest BCUT2D eigenvalue weighted by molar-refractivity contribution is 5.78. The molecule has 0 aliphatic rings. The van der Waals surface area contributed by atoms with Crippen LogP contribution >= 0.6 is 0 Å². The zero-order chi connectivity index (χ0) is 17.2. The fourth-order valence-corrected chi connectivity index (χ4v) is 2.31. The first-order chi connectivity index (χ1) is 11.7. The smallest absolute Gasteiger partial charge is 0.407 e. The molecule has 2 amide bonds. The Labute approximate surface area is 142 Å². The van der Waals surface area contributed by atoms with Crippen LogP contribution in [-0.4, -0.2) is 18.6 Å². The zero-order valence-corrected chi connectivity index (χ0v) is 13.7. The van der Waals surface area contributed by atoms with Crippen molar-refractivity contribution in [3.8, 4) is 0 Å². The van der Waals surface area contributed by atoms with Crippen molar-refractivity contribution in [1.29, 1.82) is 0 Å². The minimum absolute atomic E-state index is 0.135. The predicted molar refractivity (Wildman–Crippen MR) is 92.2 cm³/mol. The summed E-state index contributed by atoms with van der Waals surface area (Å²) in [7, 11) is 0. The fourth-order valence-electron chi connectivity index (χ4n) is 2.31. The van der Waals surface area contributed by atoms with Gasteiger partial charge in [-0.1, -0.05) is 60.7 Å². The van der Waals surface area contributed by atoms with Crippen LogP contribution in [0.25, 0.3) is 0 Å². The molecule has 2 N–H and O–H groups in total. The summed E-state index contributed by atoms with van der Waals surface area (Å²) in [6.45, 7) is 2.48. The Balaban J connectivity index is 1.96. The molecule has 1 atom stereocenters. The highest BCUT2D eigenvalue weighted by Crippen LogP contribution is 2.16. The van der Waals surface area contributed by atoms with Crippen LogP contribution in [0.5, 0.6) is 0 Å². The molecule has 0 aromatic heterocycles. The number of nitrogens with one attached hydrogen (secondary N) is 2. The second-order valence-electron chi connectivity index (χ2n) is 5.29. The lowest BCUT2D eigenvalue weighted by Crippen LogP contribution is -2.34. The Hall–Kier alpha value is -2.82. The molecule has 2 rings (SSSR count). The molecule has 0 heterocycles. The third kappa shape index (κ3) is 5.76.